The van der Waals surface area contributed by atoms with Crippen LogP contribution >= 0.6 is 0 Å². The van der Waals surface area contributed by atoms with Gasteiger partial charge in [0.05, 0.1) is 0 Å². The Kier molecular flexibility index (Phi) is 41.0. The molecular formula is C47H82O5. The first-order chi connectivity index (χ1) is 25.6. The molecule has 5 nitrogen and oxygen atoms in total. The number of unbranched alkanes of at least 4 members (excludes halogenated alkanes) is 21. The van der Waals surface area contributed by atoms with Crippen molar-refractivity contribution in [3.8, 4) is 0 Å². The summed E-state index contributed by atoms with van der Waals surface area (Å²) in [6, 6.07) is 0. The summed E-state index contributed by atoms with van der Waals surface area (Å²) in [5, 5.41) is 10.0. The van der Waals surface area contributed by atoms with Gasteiger partial charge in [0.1, 0.15) is 19.3 Å². The lowest BCUT2D eigenvalue weighted by molar-refractivity contribution is -0.152. The SMILES string of the molecule is CCCCC/C=C\C/C=C\C/C=C\C/C=C\CCCC(=O)OC[C@H](O)COC(=O)CCCCCCCCCCCCC/C=C\CCCCCCCC. The van der Waals surface area contributed by atoms with Gasteiger partial charge in [0.25, 0.3) is 0 Å². The zero-order chi connectivity index (χ0) is 37.8. The minimum Gasteiger partial charge on any atom is -0.463 e. The Morgan fingerprint density at radius 3 is 1.13 bits per heavy atom. The molecule has 0 unspecified atom stereocenters. The highest BCUT2D eigenvalue weighted by Crippen LogP contribution is 2.14. The summed E-state index contributed by atoms with van der Waals surface area (Å²) in [7, 11) is 0. The highest BCUT2D eigenvalue weighted by molar-refractivity contribution is 5.69. The van der Waals surface area contributed by atoms with Gasteiger partial charge in [0, 0.05) is 12.8 Å². The molecule has 0 spiro atoms. The fourth-order valence-corrected chi connectivity index (χ4v) is 5.90. The Balaban J connectivity index is 3.50. The van der Waals surface area contributed by atoms with Crippen molar-refractivity contribution < 1.29 is 24.2 Å². The molecule has 0 aromatic carbocycles. The average molecular weight is 727 g/mol. The maximum absolute atomic E-state index is 12.0. The van der Waals surface area contributed by atoms with E-state index in [1.54, 1.807) is 0 Å². The lowest BCUT2D eigenvalue weighted by Gasteiger charge is -2.12. The summed E-state index contributed by atoms with van der Waals surface area (Å²) in [6.45, 7) is 4.23. The van der Waals surface area contributed by atoms with Gasteiger partial charge >= 0.3 is 11.9 Å². The van der Waals surface area contributed by atoms with E-state index in [1.807, 2.05) is 0 Å². The second kappa shape index (κ2) is 43.0. The Morgan fingerprint density at radius 1 is 0.404 bits per heavy atom. The van der Waals surface area contributed by atoms with Gasteiger partial charge in [0.2, 0.25) is 0 Å². The van der Waals surface area contributed by atoms with Crippen molar-refractivity contribution >= 4 is 11.9 Å². The predicted octanol–water partition coefficient (Wildman–Crippen LogP) is 14.0. The molecule has 0 saturated carbocycles. The predicted molar refractivity (Wildman–Crippen MR) is 223 cm³/mol. The maximum Gasteiger partial charge on any atom is 0.305 e. The zero-order valence-corrected chi connectivity index (χ0v) is 34.1. The third-order valence-electron chi connectivity index (χ3n) is 9.23. The van der Waals surface area contributed by atoms with Crippen molar-refractivity contribution in [3.05, 3.63) is 60.8 Å². The zero-order valence-electron chi connectivity index (χ0n) is 34.1. The quantitative estimate of drug-likeness (QED) is 0.0388. The largest absolute Gasteiger partial charge is 0.463 e. The molecule has 1 atom stereocenters. The summed E-state index contributed by atoms with van der Waals surface area (Å²) in [5.41, 5.74) is 0. The number of aliphatic hydroxyl groups excluding tert-OH is 1. The number of hydrogen-bond acceptors (Lipinski definition) is 5. The molecule has 300 valence electrons. The first-order valence-corrected chi connectivity index (χ1v) is 21.8. The average Bonchev–Trinajstić information content (AvgIpc) is 3.15. The van der Waals surface area contributed by atoms with Crippen LogP contribution in [0.4, 0.5) is 0 Å². The van der Waals surface area contributed by atoms with Crippen LogP contribution in [0.25, 0.3) is 0 Å². The second-order valence-electron chi connectivity index (χ2n) is 14.5. The molecule has 0 bridgehead atoms. The van der Waals surface area contributed by atoms with Gasteiger partial charge in [-0.2, -0.15) is 0 Å². The van der Waals surface area contributed by atoms with Gasteiger partial charge in [0.15, 0.2) is 0 Å². The van der Waals surface area contributed by atoms with E-state index < -0.39 is 6.10 Å². The van der Waals surface area contributed by atoms with Crippen molar-refractivity contribution in [3.63, 3.8) is 0 Å². The molecule has 0 fully saturated rings. The van der Waals surface area contributed by atoms with E-state index in [9.17, 15) is 14.7 Å². The highest BCUT2D eigenvalue weighted by atomic mass is 16.6. The highest BCUT2D eigenvalue weighted by Gasteiger charge is 2.12. The van der Waals surface area contributed by atoms with Crippen LogP contribution in [-0.4, -0.2) is 36.4 Å². The number of aliphatic hydroxyl groups is 1. The van der Waals surface area contributed by atoms with Crippen LogP contribution in [0.3, 0.4) is 0 Å². The molecule has 0 aliphatic carbocycles. The second-order valence-corrected chi connectivity index (χ2v) is 14.5. The number of ether oxygens (including phenoxy) is 2. The summed E-state index contributed by atoms with van der Waals surface area (Å²) in [5.74, 6) is -0.629. The van der Waals surface area contributed by atoms with Crippen molar-refractivity contribution in [2.45, 2.75) is 213 Å². The lowest BCUT2D eigenvalue weighted by Crippen LogP contribution is -2.25. The van der Waals surface area contributed by atoms with E-state index >= 15 is 0 Å². The molecule has 0 rings (SSSR count). The lowest BCUT2D eigenvalue weighted by atomic mass is 10.0. The van der Waals surface area contributed by atoms with E-state index in [0.717, 1.165) is 44.9 Å². The maximum atomic E-state index is 12.0. The van der Waals surface area contributed by atoms with Crippen LogP contribution in [0.1, 0.15) is 206 Å². The molecule has 5 heteroatoms. The smallest absolute Gasteiger partial charge is 0.305 e. The minimum atomic E-state index is -0.988. The molecule has 0 heterocycles. The Bertz CT molecular complexity index is 915. The number of hydrogen-bond donors (Lipinski definition) is 1. The Hall–Kier alpha value is -2.40. The summed E-state index contributed by atoms with van der Waals surface area (Å²) in [4.78, 5) is 24.0. The van der Waals surface area contributed by atoms with Crippen LogP contribution in [0.2, 0.25) is 0 Å². The van der Waals surface area contributed by atoms with E-state index in [1.165, 1.54) is 128 Å². The van der Waals surface area contributed by atoms with E-state index in [-0.39, 0.29) is 25.2 Å². The van der Waals surface area contributed by atoms with Crippen LogP contribution in [0, 0.1) is 0 Å². The molecule has 1 N–H and O–H groups in total. The summed E-state index contributed by atoms with van der Waals surface area (Å²) >= 11 is 0. The van der Waals surface area contributed by atoms with Crippen LogP contribution in [0.5, 0.6) is 0 Å². The summed E-state index contributed by atoms with van der Waals surface area (Å²) in [6.07, 6.45) is 55.7. The van der Waals surface area contributed by atoms with Crippen molar-refractivity contribution in [1.82, 2.24) is 0 Å². The van der Waals surface area contributed by atoms with E-state index in [0.29, 0.717) is 19.3 Å². The number of allylic oxidation sites excluding steroid dienone is 10. The number of carbonyl (C=O) groups is 2. The number of carbonyl (C=O) groups excluding carboxylic acids is 2. The van der Waals surface area contributed by atoms with Gasteiger partial charge in [-0.05, 0) is 77.0 Å². The van der Waals surface area contributed by atoms with Crippen molar-refractivity contribution in [2.75, 3.05) is 13.2 Å². The fourth-order valence-electron chi connectivity index (χ4n) is 5.90. The monoisotopic (exact) mass is 727 g/mol. The molecule has 0 radical (unpaired) electrons. The van der Waals surface area contributed by atoms with Crippen LogP contribution < -0.4 is 0 Å². The standard InChI is InChI=1S/C47H82O5/c1-3-5-7-9-11-13-15-17-19-21-22-23-24-26-28-30-32-34-36-38-40-42-47(50)52-44-45(48)43-51-46(49)41-39-37-35-33-31-29-27-25-20-18-16-14-12-10-8-6-4-2/h12,14,17-20,27,29,33,35,45,48H,3-11,13,15-16,21-26,28,30-32,34,36-44H2,1-2H3/b14-12-,19-17-,20-18-,29-27-,35-33-/t45-/m0/s1. The Morgan fingerprint density at radius 2 is 0.692 bits per heavy atom. The van der Waals surface area contributed by atoms with Crippen molar-refractivity contribution in [1.29, 1.82) is 0 Å². The first kappa shape index (κ1) is 49.6. The molecule has 0 amide bonds. The van der Waals surface area contributed by atoms with Gasteiger partial charge in [-0.3, -0.25) is 9.59 Å². The first-order valence-electron chi connectivity index (χ1n) is 21.8. The Labute approximate surface area is 321 Å². The topological polar surface area (TPSA) is 72.8 Å². The molecular weight excluding hydrogens is 645 g/mol. The summed E-state index contributed by atoms with van der Waals surface area (Å²) < 4.78 is 10.3. The molecule has 0 aromatic rings. The van der Waals surface area contributed by atoms with E-state index in [2.05, 4.69) is 74.6 Å². The van der Waals surface area contributed by atoms with Gasteiger partial charge in [-0.15, -0.1) is 0 Å². The molecule has 0 aliphatic heterocycles. The molecule has 0 aliphatic rings. The number of rotatable bonds is 39. The molecule has 0 saturated heterocycles. The molecule has 52 heavy (non-hydrogen) atoms. The van der Waals surface area contributed by atoms with Crippen molar-refractivity contribution in [2.24, 2.45) is 0 Å². The van der Waals surface area contributed by atoms with Crippen LogP contribution in [-0.2, 0) is 19.1 Å². The van der Waals surface area contributed by atoms with Gasteiger partial charge in [-0.1, -0.05) is 177 Å². The third-order valence-corrected chi connectivity index (χ3v) is 9.23. The van der Waals surface area contributed by atoms with Crippen LogP contribution in [0.15, 0.2) is 60.8 Å². The van der Waals surface area contributed by atoms with E-state index in [4.69, 9.17) is 9.47 Å². The number of esters is 2. The van der Waals surface area contributed by atoms with Gasteiger partial charge < -0.3 is 14.6 Å². The third kappa shape index (κ3) is 42.0. The minimum absolute atomic E-state index is 0.135. The normalized spacial score (nSPS) is 12.8. The fraction of sp³-hybridized carbons (Fsp3) is 0.745. The van der Waals surface area contributed by atoms with Gasteiger partial charge in [-0.25, -0.2) is 0 Å². The molecule has 0 aromatic heterocycles.